The van der Waals surface area contributed by atoms with Crippen molar-refractivity contribution >= 4 is 10.9 Å². The molecular weight excluding hydrogens is 194 g/mol. The minimum absolute atomic E-state index is 0.579. The molecule has 0 saturated carbocycles. The summed E-state index contributed by atoms with van der Waals surface area (Å²) in [5.74, 6) is 0.579. The predicted molar refractivity (Wildman–Crippen MR) is 71.2 cm³/mol. The van der Waals surface area contributed by atoms with Gasteiger partial charge in [0.2, 0.25) is 0 Å². The predicted octanol–water partition coefficient (Wildman–Crippen LogP) is 4.23. The molecular formula is C15H21N. The van der Waals surface area contributed by atoms with E-state index in [2.05, 4.69) is 58.5 Å². The first-order valence-corrected chi connectivity index (χ1v) is 5.99. The Morgan fingerprint density at radius 2 is 1.62 bits per heavy atom. The van der Waals surface area contributed by atoms with Crippen LogP contribution in [0.15, 0.2) is 12.3 Å². The number of fused-ring (bicyclic) bond motifs is 1. The van der Waals surface area contributed by atoms with Crippen LogP contribution >= 0.6 is 0 Å². The summed E-state index contributed by atoms with van der Waals surface area (Å²) in [6, 6.07) is 2.24. The van der Waals surface area contributed by atoms with Crippen LogP contribution in [0.25, 0.3) is 10.9 Å². The van der Waals surface area contributed by atoms with E-state index < -0.39 is 0 Å². The molecule has 0 bridgehead atoms. The van der Waals surface area contributed by atoms with Gasteiger partial charge in [-0.2, -0.15) is 0 Å². The maximum atomic E-state index is 2.28. The monoisotopic (exact) mass is 215 g/mol. The van der Waals surface area contributed by atoms with Crippen LogP contribution in [0, 0.1) is 20.8 Å². The fourth-order valence-corrected chi connectivity index (χ4v) is 2.74. The van der Waals surface area contributed by atoms with Crippen LogP contribution in [-0.4, -0.2) is 4.57 Å². The first-order valence-electron chi connectivity index (χ1n) is 5.99. The van der Waals surface area contributed by atoms with Gasteiger partial charge >= 0.3 is 0 Å². The molecule has 0 aliphatic carbocycles. The molecule has 2 aromatic rings. The van der Waals surface area contributed by atoms with Gasteiger partial charge < -0.3 is 4.57 Å². The van der Waals surface area contributed by atoms with E-state index in [4.69, 9.17) is 0 Å². The smallest absolute Gasteiger partial charge is 0.0518 e. The minimum Gasteiger partial charge on any atom is -0.350 e. The Morgan fingerprint density at radius 3 is 2.19 bits per heavy atom. The largest absolute Gasteiger partial charge is 0.350 e. The molecule has 16 heavy (non-hydrogen) atoms. The maximum absolute atomic E-state index is 2.28. The molecule has 0 saturated heterocycles. The van der Waals surface area contributed by atoms with Crippen molar-refractivity contribution in [3.8, 4) is 0 Å². The molecule has 0 aliphatic heterocycles. The number of aromatic nitrogens is 1. The van der Waals surface area contributed by atoms with Crippen molar-refractivity contribution in [3.63, 3.8) is 0 Å². The van der Waals surface area contributed by atoms with E-state index in [0.717, 1.165) is 0 Å². The number of nitrogens with zero attached hydrogens (tertiary/aromatic N) is 1. The highest BCUT2D eigenvalue weighted by Crippen LogP contribution is 2.34. The van der Waals surface area contributed by atoms with E-state index in [1.165, 1.54) is 33.2 Å². The first-order chi connectivity index (χ1) is 7.45. The van der Waals surface area contributed by atoms with E-state index >= 15 is 0 Å². The van der Waals surface area contributed by atoms with Crippen molar-refractivity contribution < 1.29 is 0 Å². The van der Waals surface area contributed by atoms with Gasteiger partial charge in [0.25, 0.3) is 0 Å². The highest BCUT2D eigenvalue weighted by molar-refractivity contribution is 5.89. The lowest BCUT2D eigenvalue weighted by Gasteiger charge is -2.18. The minimum atomic E-state index is 0.579. The molecule has 0 atom stereocenters. The number of benzene rings is 1. The SMILES string of the molecule is Cc1c(C)c(C(C)C)c2c(ccn2C)c1C. The average molecular weight is 215 g/mol. The third-order valence-corrected chi connectivity index (χ3v) is 3.84. The summed E-state index contributed by atoms with van der Waals surface area (Å²) in [7, 11) is 2.14. The molecule has 1 nitrogen and oxygen atoms in total. The van der Waals surface area contributed by atoms with Crippen molar-refractivity contribution in [3.05, 3.63) is 34.5 Å². The van der Waals surface area contributed by atoms with Crippen LogP contribution in [0.4, 0.5) is 0 Å². The van der Waals surface area contributed by atoms with Gasteiger partial charge in [-0.05, 0) is 55.0 Å². The second-order valence-corrected chi connectivity index (χ2v) is 5.13. The van der Waals surface area contributed by atoms with E-state index in [1.807, 2.05) is 0 Å². The third-order valence-electron chi connectivity index (χ3n) is 3.84. The van der Waals surface area contributed by atoms with Crippen molar-refractivity contribution in [2.45, 2.75) is 40.5 Å². The molecule has 0 unspecified atom stereocenters. The lowest BCUT2D eigenvalue weighted by molar-refractivity contribution is 0.844. The van der Waals surface area contributed by atoms with E-state index in [1.54, 1.807) is 0 Å². The van der Waals surface area contributed by atoms with Gasteiger partial charge in [0.1, 0.15) is 0 Å². The molecule has 0 amide bonds. The lowest BCUT2D eigenvalue weighted by atomic mass is 9.89. The Labute approximate surface area is 98.1 Å². The van der Waals surface area contributed by atoms with Crippen molar-refractivity contribution in [1.82, 2.24) is 4.57 Å². The van der Waals surface area contributed by atoms with Crippen molar-refractivity contribution in [2.24, 2.45) is 7.05 Å². The second-order valence-electron chi connectivity index (χ2n) is 5.13. The van der Waals surface area contributed by atoms with Crippen LogP contribution < -0.4 is 0 Å². The first kappa shape index (κ1) is 11.3. The summed E-state index contributed by atoms with van der Waals surface area (Å²) >= 11 is 0. The van der Waals surface area contributed by atoms with Gasteiger partial charge in [0, 0.05) is 18.6 Å². The van der Waals surface area contributed by atoms with E-state index in [9.17, 15) is 0 Å². The molecule has 1 aromatic carbocycles. The summed E-state index contributed by atoms with van der Waals surface area (Å²) in [6.45, 7) is 11.3. The highest BCUT2D eigenvalue weighted by atomic mass is 14.9. The quantitative estimate of drug-likeness (QED) is 0.671. The van der Waals surface area contributed by atoms with Crippen molar-refractivity contribution in [1.29, 1.82) is 0 Å². The molecule has 2 rings (SSSR count). The fourth-order valence-electron chi connectivity index (χ4n) is 2.74. The molecule has 0 aliphatic rings. The Morgan fingerprint density at radius 1 is 1.00 bits per heavy atom. The zero-order valence-electron chi connectivity index (χ0n) is 11.2. The number of aryl methyl sites for hydroxylation is 2. The molecule has 0 spiro atoms. The molecule has 0 radical (unpaired) electrons. The molecule has 1 heterocycles. The summed E-state index contributed by atoms with van der Waals surface area (Å²) in [5.41, 5.74) is 7.25. The highest BCUT2D eigenvalue weighted by Gasteiger charge is 2.16. The van der Waals surface area contributed by atoms with Crippen LogP contribution in [0.5, 0.6) is 0 Å². The van der Waals surface area contributed by atoms with E-state index in [0.29, 0.717) is 5.92 Å². The molecule has 0 N–H and O–H groups in total. The van der Waals surface area contributed by atoms with Gasteiger partial charge in [-0.25, -0.2) is 0 Å². The summed E-state index contributed by atoms with van der Waals surface area (Å²) in [5, 5.41) is 1.41. The zero-order valence-corrected chi connectivity index (χ0v) is 11.2. The Bertz CT molecular complexity index is 544. The fraction of sp³-hybridized carbons (Fsp3) is 0.467. The Balaban J connectivity index is 3.01. The molecule has 86 valence electrons. The lowest BCUT2D eigenvalue weighted by Crippen LogP contribution is -2.01. The number of hydrogen-bond acceptors (Lipinski definition) is 0. The normalized spacial score (nSPS) is 11.7. The number of hydrogen-bond donors (Lipinski definition) is 0. The third kappa shape index (κ3) is 1.38. The van der Waals surface area contributed by atoms with E-state index in [-0.39, 0.29) is 0 Å². The summed E-state index contributed by atoms with van der Waals surface area (Å²) in [6.07, 6.45) is 2.17. The van der Waals surface area contributed by atoms with Gasteiger partial charge in [0.05, 0.1) is 5.52 Å². The van der Waals surface area contributed by atoms with Crippen LogP contribution in [0.2, 0.25) is 0 Å². The molecule has 0 fully saturated rings. The second kappa shape index (κ2) is 3.65. The zero-order chi connectivity index (χ0) is 12.0. The van der Waals surface area contributed by atoms with Crippen LogP contribution in [-0.2, 0) is 7.05 Å². The van der Waals surface area contributed by atoms with Crippen molar-refractivity contribution in [2.75, 3.05) is 0 Å². The van der Waals surface area contributed by atoms with Crippen LogP contribution in [0.1, 0.15) is 42.0 Å². The summed E-state index contributed by atoms with van der Waals surface area (Å²) < 4.78 is 2.25. The molecule has 1 heteroatoms. The van der Waals surface area contributed by atoms with Gasteiger partial charge in [-0.1, -0.05) is 13.8 Å². The topological polar surface area (TPSA) is 4.93 Å². The Kier molecular flexibility index (Phi) is 2.57. The van der Waals surface area contributed by atoms with Crippen LogP contribution in [0.3, 0.4) is 0 Å². The summed E-state index contributed by atoms with van der Waals surface area (Å²) in [4.78, 5) is 0. The van der Waals surface area contributed by atoms with Gasteiger partial charge in [-0.3, -0.25) is 0 Å². The standard InChI is InChI=1S/C15H21N/c1-9(2)14-12(5)10(3)11(4)13-7-8-16(6)15(13)14/h7-9H,1-6H3. The molecule has 1 aromatic heterocycles. The Hall–Kier alpha value is -1.24. The average Bonchev–Trinajstić information content (AvgIpc) is 2.58. The number of rotatable bonds is 1. The van der Waals surface area contributed by atoms with Gasteiger partial charge in [0.15, 0.2) is 0 Å². The maximum Gasteiger partial charge on any atom is 0.0518 e. The van der Waals surface area contributed by atoms with Gasteiger partial charge in [-0.15, -0.1) is 0 Å².